The Balaban J connectivity index is 2.23. The highest BCUT2D eigenvalue weighted by molar-refractivity contribution is 8.13. The zero-order chi connectivity index (χ0) is 17.9. The normalized spacial score (nSPS) is 11.2. The van der Waals surface area contributed by atoms with Gasteiger partial charge in [0.05, 0.1) is 22.6 Å². The summed E-state index contributed by atoms with van der Waals surface area (Å²) >= 11 is 11.8. The van der Waals surface area contributed by atoms with Crippen LogP contribution in [-0.4, -0.2) is 21.4 Å². The molecule has 24 heavy (non-hydrogen) atoms. The number of amides is 1. The maximum atomic E-state index is 12.2. The van der Waals surface area contributed by atoms with Crippen molar-refractivity contribution in [1.82, 2.24) is 5.32 Å². The van der Waals surface area contributed by atoms with Crippen LogP contribution >= 0.6 is 33.9 Å². The smallest absolute Gasteiger partial charge is 0.261 e. The van der Waals surface area contributed by atoms with Gasteiger partial charge in [0.15, 0.2) is 0 Å². The SMILES string of the molecule is COc1ccc(S(=O)(=O)Cl)cc1CNC(=O)c1ccc(Cl)cc1Cl. The molecule has 0 aliphatic carbocycles. The topological polar surface area (TPSA) is 72.5 Å². The Morgan fingerprint density at radius 3 is 2.46 bits per heavy atom. The molecule has 0 radical (unpaired) electrons. The van der Waals surface area contributed by atoms with Crippen LogP contribution in [0.2, 0.25) is 10.0 Å². The Kier molecular flexibility index (Phi) is 5.98. The molecule has 0 unspecified atom stereocenters. The lowest BCUT2D eigenvalue weighted by Crippen LogP contribution is -2.23. The predicted molar refractivity (Wildman–Crippen MR) is 93.7 cm³/mol. The van der Waals surface area contributed by atoms with Crippen LogP contribution in [0.5, 0.6) is 5.75 Å². The first-order valence-corrected chi connectivity index (χ1v) is 9.63. The van der Waals surface area contributed by atoms with Crippen molar-refractivity contribution in [2.24, 2.45) is 0 Å². The highest BCUT2D eigenvalue weighted by Crippen LogP contribution is 2.25. The average molecular weight is 409 g/mol. The van der Waals surface area contributed by atoms with Gasteiger partial charge in [0.25, 0.3) is 15.0 Å². The van der Waals surface area contributed by atoms with E-state index in [9.17, 15) is 13.2 Å². The fourth-order valence-electron chi connectivity index (χ4n) is 1.99. The molecule has 9 heteroatoms. The number of ether oxygens (including phenoxy) is 1. The van der Waals surface area contributed by atoms with Gasteiger partial charge < -0.3 is 10.1 Å². The van der Waals surface area contributed by atoms with E-state index in [0.29, 0.717) is 16.3 Å². The van der Waals surface area contributed by atoms with E-state index in [-0.39, 0.29) is 22.0 Å². The molecule has 0 aliphatic rings. The van der Waals surface area contributed by atoms with E-state index in [1.165, 1.54) is 37.4 Å². The van der Waals surface area contributed by atoms with Gasteiger partial charge in [0.1, 0.15) is 5.75 Å². The number of hydrogen-bond acceptors (Lipinski definition) is 4. The summed E-state index contributed by atoms with van der Waals surface area (Å²) in [6.45, 7) is 0.0290. The molecular weight excluding hydrogens is 397 g/mol. The Bertz CT molecular complexity index is 884. The van der Waals surface area contributed by atoms with E-state index in [4.69, 9.17) is 38.6 Å². The van der Waals surface area contributed by atoms with Crippen LogP contribution in [0.4, 0.5) is 0 Å². The lowest BCUT2D eigenvalue weighted by Gasteiger charge is -2.11. The van der Waals surface area contributed by atoms with Crippen LogP contribution in [-0.2, 0) is 15.6 Å². The van der Waals surface area contributed by atoms with Crippen molar-refractivity contribution in [3.8, 4) is 5.75 Å². The van der Waals surface area contributed by atoms with Gasteiger partial charge in [0.2, 0.25) is 0 Å². The first kappa shape index (κ1) is 18.9. The molecule has 0 saturated carbocycles. The molecule has 0 aliphatic heterocycles. The summed E-state index contributed by atoms with van der Waals surface area (Å²) in [5.74, 6) is -0.0144. The lowest BCUT2D eigenvalue weighted by molar-refractivity contribution is 0.0951. The minimum atomic E-state index is -3.88. The maximum Gasteiger partial charge on any atom is 0.261 e. The quantitative estimate of drug-likeness (QED) is 0.763. The van der Waals surface area contributed by atoms with Crippen LogP contribution < -0.4 is 10.1 Å². The summed E-state index contributed by atoms with van der Waals surface area (Å²) in [7, 11) is 2.89. The highest BCUT2D eigenvalue weighted by Gasteiger charge is 2.15. The highest BCUT2D eigenvalue weighted by atomic mass is 35.7. The molecule has 2 aromatic carbocycles. The number of nitrogens with one attached hydrogen (secondary N) is 1. The molecule has 0 atom stereocenters. The van der Waals surface area contributed by atoms with Crippen molar-refractivity contribution in [2.45, 2.75) is 11.4 Å². The molecule has 1 amide bonds. The zero-order valence-corrected chi connectivity index (χ0v) is 15.4. The average Bonchev–Trinajstić information content (AvgIpc) is 2.51. The van der Waals surface area contributed by atoms with E-state index >= 15 is 0 Å². The number of carbonyl (C=O) groups is 1. The van der Waals surface area contributed by atoms with Gasteiger partial charge in [-0.15, -0.1) is 0 Å². The first-order valence-electron chi connectivity index (χ1n) is 6.57. The van der Waals surface area contributed by atoms with Crippen LogP contribution in [0.25, 0.3) is 0 Å². The van der Waals surface area contributed by atoms with Gasteiger partial charge in [-0.2, -0.15) is 0 Å². The van der Waals surface area contributed by atoms with E-state index < -0.39 is 15.0 Å². The second-order valence-electron chi connectivity index (χ2n) is 4.72. The molecular formula is C15H12Cl3NO4S. The van der Waals surface area contributed by atoms with E-state index in [0.717, 1.165) is 0 Å². The maximum absolute atomic E-state index is 12.2. The van der Waals surface area contributed by atoms with Crippen molar-refractivity contribution >= 4 is 48.8 Å². The summed E-state index contributed by atoms with van der Waals surface area (Å²) < 4.78 is 28.0. The fraction of sp³-hybridized carbons (Fsp3) is 0.133. The van der Waals surface area contributed by atoms with Crippen LogP contribution in [0, 0.1) is 0 Å². The van der Waals surface area contributed by atoms with Crippen LogP contribution in [0.3, 0.4) is 0 Å². The number of hydrogen-bond donors (Lipinski definition) is 1. The zero-order valence-electron chi connectivity index (χ0n) is 12.3. The number of benzene rings is 2. The van der Waals surface area contributed by atoms with E-state index in [1.807, 2.05) is 0 Å². The standard InChI is InChI=1S/C15H12Cl3NO4S/c1-23-14-5-3-11(24(18,21)22)6-9(14)8-19-15(20)12-4-2-10(16)7-13(12)17/h2-7H,8H2,1H3,(H,19,20). The summed E-state index contributed by atoms with van der Waals surface area (Å²) in [4.78, 5) is 12.1. The fourth-order valence-corrected chi connectivity index (χ4v) is 3.28. The van der Waals surface area contributed by atoms with Crippen molar-refractivity contribution in [3.05, 3.63) is 57.6 Å². The molecule has 0 heterocycles. The molecule has 2 aromatic rings. The van der Waals surface area contributed by atoms with Gasteiger partial charge in [-0.05, 0) is 36.4 Å². The lowest BCUT2D eigenvalue weighted by atomic mass is 10.1. The number of rotatable bonds is 5. The van der Waals surface area contributed by atoms with Crippen molar-refractivity contribution in [3.63, 3.8) is 0 Å². The molecule has 128 valence electrons. The Labute approximate surface area is 153 Å². The van der Waals surface area contributed by atoms with Crippen molar-refractivity contribution in [1.29, 1.82) is 0 Å². The van der Waals surface area contributed by atoms with Gasteiger partial charge in [0, 0.05) is 27.8 Å². The number of halogens is 3. The van der Waals surface area contributed by atoms with Gasteiger partial charge in [-0.25, -0.2) is 8.42 Å². The van der Waals surface area contributed by atoms with E-state index in [2.05, 4.69) is 5.32 Å². The monoisotopic (exact) mass is 407 g/mol. The third-order valence-electron chi connectivity index (χ3n) is 3.15. The Hall–Kier alpha value is -1.47. The van der Waals surface area contributed by atoms with Crippen molar-refractivity contribution < 1.29 is 17.9 Å². The van der Waals surface area contributed by atoms with Crippen LogP contribution in [0.1, 0.15) is 15.9 Å². The second-order valence-corrected chi connectivity index (χ2v) is 8.13. The molecule has 5 nitrogen and oxygen atoms in total. The molecule has 0 aromatic heterocycles. The molecule has 0 fully saturated rings. The van der Waals surface area contributed by atoms with Gasteiger partial charge in [-0.3, -0.25) is 4.79 Å². The van der Waals surface area contributed by atoms with Crippen LogP contribution in [0.15, 0.2) is 41.3 Å². The summed E-state index contributed by atoms with van der Waals surface area (Å²) in [6, 6.07) is 8.62. The number of methoxy groups -OCH3 is 1. The van der Waals surface area contributed by atoms with Crippen molar-refractivity contribution in [2.75, 3.05) is 7.11 Å². The molecule has 0 saturated heterocycles. The minimum Gasteiger partial charge on any atom is -0.496 e. The Morgan fingerprint density at radius 1 is 1.17 bits per heavy atom. The second kappa shape index (κ2) is 7.61. The first-order chi connectivity index (χ1) is 11.2. The third kappa shape index (κ3) is 4.54. The van der Waals surface area contributed by atoms with E-state index in [1.54, 1.807) is 6.07 Å². The molecule has 0 bridgehead atoms. The third-order valence-corrected chi connectivity index (χ3v) is 5.05. The largest absolute Gasteiger partial charge is 0.496 e. The Morgan fingerprint density at radius 2 is 1.88 bits per heavy atom. The van der Waals surface area contributed by atoms with Gasteiger partial charge >= 0.3 is 0 Å². The summed E-state index contributed by atoms with van der Waals surface area (Å²) in [5, 5.41) is 3.27. The molecule has 2 rings (SSSR count). The number of carbonyl (C=O) groups excluding carboxylic acids is 1. The predicted octanol–water partition coefficient (Wildman–Crippen LogP) is 3.86. The molecule has 0 spiro atoms. The molecule has 1 N–H and O–H groups in total. The minimum absolute atomic E-state index is 0.0290. The summed E-state index contributed by atoms with van der Waals surface area (Å²) in [6.07, 6.45) is 0. The van der Waals surface area contributed by atoms with Gasteiger partial charge in [-0.1, -0.05) is 23.2 Å². The summed E-state index contributed by atoms with van der Waals surface area (Å²) in [5.41, 5.74) is 0.707.